The van der Waals surface area contributed by atoms with Crippen LogP contribution in [-0.4, -0.2) is 44.7 Å². The molecule has 0 saturated carbocycles. The topological polar surface area (TPSA) is 84.0 Å². The third-order valence-corrected chi connectivity index (χ3v) is 4.24. The summed E-state index contributed by atoms with van der Waals surface area (Å²) in [7, 11) is 1.62. The van der Waals surface area contributed by atoms with Gasteiger partial charge in [-0.1, -0.05) is 24.3 Å². The van der Waals surface area contributed by atoms with Crippen LogP contribution < -0.4 is 25.4 Å². The second-order valence-corrected chi connectivity index (χ2v) is 6.35. The Bertz CT molecular complexity index is 844. The number of carbonyl (C=O) groups is 1. The van der Waals surface area contributed by atoms with E-state index in [9.17, 15) is 4.79 Å². The molecule has 1 aliphatic rings. The lowest BCUT2D eigenvalue weighted by Gasteiger charge is -2.27. The third kappa shape index (κ3) is 6.52. The fourth-order valence-electron chi connectivity index (χ4n) is 2.84. The number of nitrogens with one attached hydrogen (secondary N) is 3. The molecular weight excluding hydrogens is 483 g/mol. The molecular formula is C21H27IN4O3. The minimum Gasteiger partial charge on any atom is -0.486 e. The van der Waals surface area contributed by atoms with Crippen LogP contribution in [0.3, 0.4) is 0 Å². The van der Waals surface area contributed by atoms with Crippen LogP contribution in [0.25, 0.3) is 0 Å². The summed E-state index contributed by atoms with van der Waals surface area (Å²) in [4.78, 5) is 16.4. The van der Waals surface area contributed by atoms with E-state index in [2.05, 4.69) is 20.9 Å². The van der Waals surface area contributed by atoms with Crippen molar-refractivity contribution < 1.29 is 14.3 Å². The summed E-state index contributed by atoms with van der Waals surface area (Å²) < 4.78 is 11.7. The molecule has 0 fully saturated rings. The third-order valence-electron chi connectivity index (χ3n) is 4.24. The van der Waals surface area contributed by atoms with Crippen LogP contribution in [0, 0.1) is 0 Å². The van der Waals surface area contributed by atoms with Crippen molar-refractivity contribution >= 4 is 35.8 Å². The Morgan fingerprint density at radius 3 is 2.69 bits per heavy atom. The van der Waals surface area contributed by atoms with Crippen LogP contribution in [0.4, 0.5) is 0 Å². The highest BCUT2D eigenvalue weighted by atomic mass is 127. The highest BCUT2D eigenvalue weighted by Gasteiger charge is 2.20. The smallest absolute Gasteiger partial charge is 0.251 e. The van der Waals surface area contributed by atoms with Crippen molar-refractivity contribution in [1.82, 2.24) is 16.0 Å². The summed E-state index contributed by atoms with van der Waals surface area (Å²) in [6.07, 6.45) is -0.102. The summed E-state index contributed by atoms with van der Waals surface area (Å²) >= 11 is 0. The molecule has 2 aromatic carbocycles. The van der Waals surface area contributed by atoms with Gasteiger partial charge in [-0.2, -0.15) is 0 Å². The van der Waals surface area contributed by atoms with Crippen molar-refractivity contribution in [2.24, 2.45) is 4.99 Å². The predicted molar refractivity (Wildman–Crippen MR) is 124 cm³/mol. The minimum atomic E-state index is -0.106. The highest BCUT2D eigenvalue weighted by Crippen LogP contribution is 2.30. The average Bonchev–Trinajstić information content (AvgIpc) is 2.75. The summed E-state index contributed by atoms with van der Waals surface area (Å²) in [5.74, 6) is 2.12. The van der Waals surface area contributed by atoms with Crippen LogP contribution in [-0.2, 0) is 6.54 Å². The van der Waals surface area contributed by atoms with E-state index < -0.39 is 0 Å². The van der Waals surface area contributed by atoms with Gasteiger partial charge in [0.1, 0.15) is 12.7 Å². The zero-order valence-corrected chi connectivity index (χ0v) is 18.9. The second-order valence-electron chi connectivity index (χ2n) is 6.35. The van der Waals surface area contributed by atoms with Crippen LogP contribution in [0.2, 0.25) is 0 Å². The SMILES string of the molecule is CCNC(=NCc1cccc(C(=O)NC)c1)NCC1COc2ccccc2O1.I. The van der Waals surface area contributed by atoms with Gasteiger partial charge in [-0.25, -0.2) is 4.99 Å². The van der Waals surface area contributed by atoms with Crippen LogP contribution in [0.5, 0.6) is 11.5 Å². The number of hydrogen-bond acceptors (Lipinski definition) is 4. The van der Waals surface area contributed by atoms with E-state index in [0.29, 0.717) is 31.2 Å². The Labute approximate surface area is 188 Å². The maximum absolute atomic E-state index is 11.8. The highest BCUT2D eigenvalue weighted by molar-refractivity contribution is 14.0. The number of amides is 1. The van der Waals surface area contributed by atoms with E-state index in [4.69, 9.17) is 9.47 Å². The quantitative estimate of drug-likeness (QED) is 0.316. The zero-order valence-electron chi connectivity index (χ0n) is 16.6. The molecule has 1 atom stereocenters. The number of carbonyl (C=O) groups excluding carboxylic acids is 1. The Morgan fingerprint density at radius 1 is 1.14 bits per heavy atom. The number of halogens is 1. The van der Waals surface area contributed by atoms with Gasteiger partial charge in [0.15, 0.2) is 17.5 Å². The molecule has 29 heavy (non-hydrogen) atoms. The lowest BCUT2D eigenvalue weighted by atomic mass is 10.1. The van der Waals surface area contributed by atoms with Crippen molar-refractivity contribution in [2.45, 2.75) is 19.6 Å². The van der Waals surface area contributed by atoms with E-state index in [-0.39, 0.29) is 36.0 Å². The standard InChI is InChI=1S/C21H26N4O3.HI/c1-3-23-21(24-12-15-7-6-8-16(11-15)20(26)22-2)25-13-17-14-27-18-9-4-5-10-19(18)28-17;/h4-11,17H,3,12-14H2,1-2H3,(H,22,26)(H2,23,24,25);1H. The number of fused-ring (bicyclic) bond motifs is 1. The molecule has 1 unspecified atom stereocenters. The van der Waals surface area contributed by atoms with Gasteiger partial charge < -0.3 is 25.4 Å². The van der Waals surface area contributed by atoms with E-state index in [0.717, 1.165) is 23.6 Å². The van der Waals surface area contributed by atoms with E-state index in [1.807, 2.05) is 49.4 Å². The van der Waals surface area contributed by atoms with Gasteiger partial charge in [0.2, 0.25) is 0 Å². The second kappa shape index (κ2) is 11.5. The van der Waals surface area contributed by atoms with Gasteiger partial charge in [-0.3, -0.25) is 4.79 Å². The molecule has 156 valence electrons. The summed E-state index contributed by atoms with van der Waals surface area (Å²) in [5.41, 5.74) is 1.59. The molecule has 8 heteroatoms. The van der Waals surface area contributed by atoms with Crippen LogP contribution in [0.1, 0.15) is 22.8 Å². The Hall–Kier alpha value is -2.49. The zero-order chi connectivity index (χ0) is 19.8. The Balaban J connectivity index is 0.00000300. The Kier molecular flexibility index (Phi) is 9.04. The van der Waals surface area contributed by atoms with Gasteiger partial charge in [-0.15, -0.1) is 24.0 Å². The predicted octanol–water partition coefficient (Wildman–Crippen LogP) is 2.56. The number of guanidine groups is 1. The van der Waals surface area contributed by atoms with Gasteiger partial charge >= 0.3 is 0 Å². The molecule has 0 spiro atoms. The lowest BCUT2D eigenvalue weighted by Crippen LogP contribution is -2.45. The minimum absolute atomic E-state index is 0. The van der Waals surface area contributed by atoms with Crippen molar-refractivity contribution in [3.05, 3.63) is 59.7 Å². The number of aliphatic imine (C=N–C) groups is 1. The molecule has 3 rings (SSSR count). The van der Waals surface area contributed by atoms with Crippen LogP contribution in [0.15, 0.2) is 53.5 Å². The molecule has 2 aromatic rings. The molecule has 7 nitrogen and oxygen atoms in total. The van der Waals surface area contributed by atoms with Crippen molar-refractivity contribution in [3.8, 4) is 11.5 Å². The summed E-state index contributed by atoms with van der Waals surface area (Å²) in [6, 6.07) is 15.1. The summed E-state index contributed by atoms with van der Waals surface area (Å²) in [6.45, 7) is 4.27. The molecule has 0 saturated heterocycles. The molecule has 1 aliphatic heterocycles. The van der Waals surface area contributed by atoms with Gasteiger partial charge in [0.25, 0.3) is 5.91 Å². The number of para-hydroxylation sites is 2. The monoisotopic (exact) mass is 510 g/mol. The number of nitrogens with zero attached hydrogens (tertiary/aromatic N) is 1. The van der Waals surface area contributed by atoms with E-state index in [1.165, 1.54) is 0 Å². The lowest BCUT2D eigenvalue weighted by molar-refractivity contribution is 0.0936. The Morgan fingerprint density at radius 2 is 1.93 bits per heavy atom. The first-order chi connectivity index (χ1) is 13.7. The number of benzene rings is 2. The normalized spacial score (nSPS) is 15.1. The number of hydrogen-bond donors (Lipinski definition) is 3. The maximum Gasteiger partial charge on any atom is 0.251 e. The molecule has 1 heterocycles. The van der Waals surface area contributed by atoms with Crippen molar-refractivity contribution in [2.75, 3.05) is 26.7 Å². The van der Waals surface area contributed by atoms with Crippen molar-refractivity contribution in [3.63, 3.8) is 0 Å². The van der Waals surface area contributed by atoms with Gasteiger partial charge in [0, 0.05) is 19.2 Å². The largest absolute Gasteiger partial charge is 0.486 e. The molecule has 3 N–H and O–H groups in total. The van der Waals surface area contributed by atoms with Crippen LogP contribution >= 0.6 is 24.0 Å². The molecule has 1 amide bonds. The first-order valence-corrected chi connectivity index (χ1v) is 9.41. The summed E-state index contributed by atoms with van der Waals surface area (Å²) in [5, 5.41) is 9.15. The van der Waals surface area contributed by atoms with Gasteiger partial charge in [-0.05, 0) is 36.8 Å². The fourth-order valence-corrected chi connectivity index (χ4v) is 2.84. The first kappa shape index (κ1) is 22.8. The molecule has 0 aliphatic carbocycles. The van der Waals surface area contributed by atoms with Gasteiger partial charge in [0.05, 0.1) is 13.1 Å². The average molecular weight is 510 g/mol. The fraction of sp³-hybridized carbons (Fsp3) is 0.333. The van der Waals surface area contributed by atoms with E-state index in [1.54, 1.807) is 13.1 Å². The molecule has 0 aromatic heterocycles. The first-order valence-electron chi connectivity index (χ1n) is 9.41. The van der Waals surface area contributed by atoms with Crippen molar-refractivity contribution in [1.29, 1.82) is 0 Å². The number of rotatable bonds is 6. The molecule has 0 radical (unpaired) electrons. The maximum atomic E-state index is 11.8. The van der Waals surface area contributed by atoms with E-state index >= 15 is 0 Å². The number of ether oxygens (including phenoxy) is 2. The molecule has 0 bridgehead atoms.